The van der Waals surface area contributed by atoms with Crippen molar-refractivity contribution in [2.75, 3.05) is 0 Å². The first kappa shape index (κ1) is 20.7. The number of aromatic nitrogens is 3. The smallest absolute Gasteiger partial charge is 0.270 e. The number of hydrogen-bond donors (Lipinski definition) is 0. The van der Waals surface area contributed by atoms with E-state index < -0.39 is 10.5 Å². The first-order valence-electron chi connectivity index (χ1n) is 9.38. The van der Waals surface area contributed by atoms with Gasteiger partial charge in [0.15, 0.2) is 5.78 Å². The van der Waals surface area contributed by atoms with Crippen LogP contribution in [-0.2, 0) is 6.54 Å². The zero-order chi connectivity index (χ0) is 22.3. The van der Waals surface area contributed by atoms with Crippen molar-refractivity contribution in [1.29, 1.82) is 0 Å². The molecule has 0 aliphatic heterocycles. The molecule has 0 N–H and O–H groups in total. The summed E-state index contributed by atoms with van der Waals surface area (Å²) in [7, 11) is 0. The minimum Gasteiger partial charge on any atom is -0.318 e. The fourth-order valence-corrected chi connectivity index (χ4v) is 3.91. The van der Waals surface area contributed by atoms with Gasteiger partial charge in [-0.05, 0) is 50.2 Å². The third-order valence-electron chi connectivity index (χ3n) is 5.15. The molecule has 8 nitrogen and oxygen atoms in total. The van der Waals surface area contributed by atoms with Gasteiger partial charge in [-0.15, -0.1) is 0 Å². The Morgan fingerprint density at radius 3 is 2.52 bits per heavy atom. The first-order chi connectivity index (χ1) is 14.8. The fraction of sp³-hybridized carbons (Fsp3) is 0.136. The number of aryl methyl sites for hydroxylation is 1. The third-order valence-corrected chi connectivity index (χ3v) is 5.68. The highest BCUT2D eigenvalue weighted by Crippen LogP contribution is 2.23. The van der Waals surface area contributed by atoms with E-state index in [-0.39, 0.29) is 23.4 Å². The fourth-order valence-electron chi connectivity index (χ4n) is 3.65. The number of Topliss-reactive ketones (excluding diaryl/α,β-unsaturated/α-hetero) is 1. The number of ketones is 1. The molecule has 2 heterocycles. The number of nitro benzene ring substituents is 1. The van der Waals surface area contributed by atoms with Gasteiger partial charge >= 0.3 is 0 Å². The van der Waals surface area contributed by atoms with Gasteiger partial charge in [0.1, 0.15) is 0 Å². The summed E-state index contributed by atoms with van der Waals surface area (Å²) in [6, 6.07) is 13.4. The van der Waals surface area contributed by atoms with Crippen molar-refractivity contribution in [1.82, 2.24) is 14.1 Å². The summed E-state index contributed by atoms with van der Waals surface area (Å²) >= 11 is 3.42. The maximum atomic E-state index is 13.0. The number of non-ortho nitro benzene ring substituents is 1. The van der Waals surface area contributed by atoms with E-state index in [0.29, 0.717) is 11.1 Å². The van der Waals surface area contributed by atoms with Crippen molar-refractivity contribution in [2.24, 2.45) is 0 Å². The highest BCUT2D eigenvalue weighted by Gasteiger charge is 2.18. The van der Waals surface area contributed by atoms with Crippen LogP contribution in [0.2, 0.25) is 0 Å². The molecule has 4 rings (SSSR count). The Bertz CT molecular complexity index is 1400. The van der Waals surface area contributed by atoms with Gasteiger partial charge in [0.2, 0.25) is 0 Å². The molecule has 0 saturated carbocycles. The van der Waals surface area contributed by atoms with Gasteiger partial charge in [0, 0.05) is 39.2 Å². The van der Waals surface area contributed by atoms with Crippen molar-refractivity contribution in [2.45, 2.75) is 20.4 Å². The predicted octanol–water partition coefficient (Wildman–Crippen LogP) is 4.36. The average Bonchev–Trinajstić information content (AvgIpc) is 3.04. The van der Waals surface area contributed by atoms with E-state index in [9.17, 15) is 19.7 Å². The Labute approximate surface area is 185 Å². The lowest BCUT2D eigenvalue weighted by atomic mass is 10.1. The van der Waals surface area contributed by atoms with Crippen molar-refractivity contribution in [3.8, 4) is 5.69 Å². The zero-order valence-electron chi connectivity index (χ0n) is 16.7. The average molecular weight is 481 g/mol. The second-order valence-corrected chi connectivity index (χ2v) is 8.07. The van der Waals surface area contributed by atoms with Gasteiger partial charge in [-0.1, -0.05) is 15.9 Å². The van der Waals surface area contributed by atoms with Crippen molar-refractivity contribution < 1.29 is 9.72 Å². The summed E-state index contributed by atoms with van der Waals surface area (Å²) in [6.45, 7) is 3.55. The second kappa shape index (κ2) is 7.92. The minimum atomic E-state index is -0.571. The maximum absolute atomic E-state index is 13.0. The Kier molecular flexibility index (Phi) is 5.28. The van der Waals surface area contributed by atoms with Crippen molar-refractivity contribution >= 4 is 38.3 Å². The second-order valence-electron chi connectivity index (χ2n) is 7.16. The number of nitro groups is 1. The Hall–Kier alpha value is -3.59. The molecule has 0 saturated heterocycles. The summed E-state index contributed by atoms with van der Waals surface area (Å²) < 4.78 is 4.11. The van der Waals surface area contributed by atoms with Gasteiger partial charge in [0.05, 0.1) is 28.7 Å². The number of rotatable bonds is 5. The summed E-state index contributed by atoms with van der Waals surface area (Å²) in [5.74, 6) is -0.245. The van der Waals surface area contributed by atoms with Gasteiger partial charge in [-0.2, -0.15) is 0 Å². The first-order valence-corrected chi connectivity index (χ1v) is 10.2. The van der Waals surface area contributed by atoms with E-state index in [1.54, 1.807) is 6.07 Å². The molecule has 0 aliphatic rings. The van der Waals surface area contributed by atoms with Crippen LogP contribution in [0.25, 0.3) is 16.6 Å². The molecule has 0 unspecified atom stereocenters. The number of hydrogen-bond acceptors (Lipinski definition) is 5. The number of nitrogens with zero attached hydrogens (tertiary/aromatic N) is 4. The molecule has 0 atom stereocenters. The summed E-state index contributed by atoms with van der Waals surface area (Å²) in [5, 5.41) is 11.1. The molecule has 4 aromatic rings. The summed E-state index contributed by atoms with van der Waals surface area (Å²) in [4.78, 5) is 40.5. The number of benzene rings is 2. The van der Waals surface area contributed by atoms with Crippen LogP contribution in [0, 0.1) is 24.0 Å². The lowest BCUT2D eigenvalue weighted by Crippen LogP contribution is -2.25. The molecule has 2 aromatic heterocycles. The van der Waals surface area contributed by atoms with E-state index in [4.69, 9.17) is 0 Å². The van der Waals surface area contributed by atoms with Gasteiger partial charge < -0.3 is 4.57 Å². The highest BCUT2D eigenvalue weighted by atomic mass is 79.9. The monoisotopic (exact) mass is 480 g/mol. The van der Waals surface area contributed by atoms with Crippen LogP contribution in [0.1, 0.15) is 21.7 Å². The molecule has 0 aliphatic carbocycles. The summed E-state index contributed by atoms with van der Waals surface area (Å²) in [5.41, 5.74) is 2.73. The maximum Gasteiger partial charge on any atom is 0.270 e. The van der Waals surface area contributed by atoms with Crippen molar-refractivity contribution in [3.05, 3.63) is 96.8 Å². The lowest BCUT2D eigenvalue weighted by Gasteiger charge is -2.10. The molecular weight excluding hydrogens is 464 g/mol. The molecular formula is C22H17BrN4O4. The molecule has 0 amide bonds. The number of halogens is 1. The van der Waals surface area contributed by atoms with Gasteiger partial charge in [-0.3, -0.25) is 24.3 Å². The number of carbonyl (C=O) groups excluding carboxylic acids is 1. The van der Waals surface area contributed by atoms with E-state index >= 15 is 0 Å². The van der Waals surface area contributed by atoms with Crippen LogP contribution in [0.5, 0.6) is 0 Å². The van der Waals surface area contributed by atoms with E-state index in [1.165, 1.54) is 29.1 Å². The van der Waals surface area contributed by atoms with Gasteiger partial charge in [0.25, 0.3) is 11.2 Å². The lowest BCUT2D eigenvalue weighted by molar-refractivity contribution is -0.384. The highest BCUT2D eigenvalue weighted by molar-refractivity contribution is 9.10. The Balaban J connectivity index is 1.70. The molecule has 2 aromatic carbocycles. The molecule has 31 heavy (non-hydrogen) atoms. The molecule has 9 heteroatoms. The van der Waals surface area contributed by atoms with Crippen LogP contribution >= 0.6 is 15.9 Å². The van der Waals surface area contributed by atoms with Crippen LogP contribution in [-0.4, -0.2) is 24.8 Å². The van der Waals surface area contributed by atoms with Crippen molar-refractivity contribution in [3.63, 3.8) is 0 Å². The number of fused-ring (bicyclic) bond motifs is 1. The standard InChI is InChI=1S/C22H17BrN4O4/c1-13-9-18(14(2)26(13)16-5-3-15(23)4-6-16)21(28)11-25-12-24-20-8-7-17(27(30)31)10-19(20)22(25)29/h3-10,12H,11H2,1-2H3. The van der Waals surface area contributed by atoms with Gasteiger partial charge in [-0.25, -0.2) is 4.98 Å². The molecule has 0 spiro atoms. The number of carbonyl (C=O) groups is 1. The quantitative estimate of drug-likeness (QED) is 0.240. The zero-order valence-corrected chi connectivity index (χ0v) is 18.3. The van der Waals surface area contributed by atoms with Crippen LogP contribution in [0.3, 0.4) is 0 Å². The largest absolute Gasteiger partial charge is 0.318 e. The van der Waals surface area contributed by atoms with Crippen LogP contribution < -0.4 is 5.56 Å². The molecule has 0 bridgehead atoms. The molecule has 0 fully saturated rings. The predicted molar refractivity (Wildman–Crippen MR) is 120 cm³/mol. The third kappa shape index (κ3) is 3.79. The summed E-state index contributed by atoms with van der Waals surface area (Å²) in [6.07, 6.45) is 1.29. The van der Waals surface area contributed by atoms with E-state index in [0.717, 1.165) is 21.5 Å². The van der Waals surface area contributed by atoms with E-state index in [2.05, 4.69) is 20.9 Å². The normalized spacial score (nSPS) is 11.1. The topological polar surface area (TPSA) is 100 Å². The minimum absolute atomic E-state index is 0.102. The Morgan fingerprint density at radius 1 is 1.13 bits per heavy atom. The molecule has 0 radical (unpaired) electrons. The Morgan fingerprint density at radius 2 is 1.84 bits per heavy atom. The molecule has 156 valence electrons. The van der Waals surface area contributed by atoms with Crippen LogP contribution in [0.15, 0.2) is 64.1 Å². The van der Waals surface area contributed by atoms with Crippen LogP contribution in [0.4, 0.5) is 5.69 Å². The SMILES string of the molecule is Cc1cc(C(=O)Cn2cnc3ccc([N+](=O)[O-])cc3c2=O)c(C)n1-c1ccc(Br)cc1. The van der Waals surface area contributed by atoms with E-state index in [1.807, 2.05) is 42.7 Å².